The minimum absolute atomic E-state index is 0.00344. The molecule has 1 aliphatic rings. The molecule has 16 heavy (non-hydrogen) atoms. The van der Waals surface area contributed by atoms with Gasteiger partial charge in [-0.3, -0.25) is 4.90 Å². The van der Waals surface area contributed by atoms with E-state index in [0.29, 0.717) is 6.42 Å². The Hall–Kier alpha value is -1.10. The highest BCUT2D eigenvalue weighted by atomic mass is 79.9. The molecule has 0 saturated carbocycles. The van der Waals surface area contributed by atoms with Crippen LogP contribution in [0.2, 0.25) is 0 Å². The number of benzene rings is 1. The molecule has 1 fully saturated rings. The molecule has 0 radical (unpaired) electrons. The van der Waals surface area contributed by atoms with Crippen LogP contribution in [0.5, 0.6) is 0 Å². The third-order valence-electron chi connectivity index (χ3n) is 2.79. The average molecular weight is 288 g/mol. The summed E-state index contributed by atoms with van der Waals surface area (Å²) in [5, 5.41) is 8.80. The van der Waals surface area contributed by atoms with E-state index < -0.39 is 18.3 Å². The quantitative estimate of drug-likeness (QED) is 0.909. The zero-order valence-corrected chi connectivity index (χ0v) is 10.0. The Kier molecular flexibility index (Phi) is 3.14. The molecule has 2 unspecified atom stereocenters. The van der Waals surface area contributed by atoms with Crippen LogP contribution in [-0.2, 0) is 6.42 Å². The summed E-state index contributed by atoms with van der Waals surface area (Å²) in [6, 6.07) is 6.95. The Balaban J connectivity index is 2.03. The number of hydrogen-bond acceptors (Lipinski definition) is 1. The number of rotatable bonds is 2. The van der Waals surface area contributed by atoms with Crippen molar-refractivity contribution in [3.05, 3.63) is 34.3 Å². The van der Waals surface area contributed by atoms with Crippen LogP contribution in [0.3, 0.4) is 0 Å². The summed E-state index contributed by atoms with van der Waals surface area (Å²) in [6.07, 6.45) is -1.66. The first-order valence-corrected chi connectivity index (χ1v) is 5.75. The van der Waals surface area contributed by atoms with Gasteiger partial charge in [-0.15, -0.1) is 0 Å². The first-order valence-electron chi connectivity index (χ1n) is 4.96. The van der Waals surface area contributed by atoms with Crippen molar-refractivity contribution in [2.45, 2.75) is 18.6 Å². The standard InChI is InChI=1S/C11H11BrFNO2/c12-8-3-1-7(2-4-8)5-10-9(13)6-14(10)11(15)16/h1-4,9-10H,5-6H2,(H,15,16). The van der Waals surface area contributed by atoms with Crippen LogP contribution < -0.4 is 0 Å². The van der Waals surface area contributed by atoms with E-state index in [0.717, 1.165) is 14.9 Å². The maximum atomic E-state index is 13.2. The number of nitrogens with zero attached hydrogens (tertiary/aromatic N) is 1. The Bertz CT molecular complexity index is 395. The number of alkyl halides is 1. The normalized spacial score (nSPS) is 24.0. The molecule has 0 aliphatic carbocycles. The fraction of sp³-hybridized carbons (Fsp3) is 0.364. The smallest absolute Gasteiger partial charge is 0.407 e. The lowest BCUT2D eigenvalue weighted by atomic mass is 9.94. The van der Waals surface area contributed by atoms with E-state index in [9.17, 15) is 9.18 Å². The van der Waals surface area contributed by atoms with Gasteiger partial charge in [0, 0.05) is 4.47 Å². The van der Waals surface area contributed by atoms with E-state index >= 15 is 0 Å². The van der Waals surface area contributed by atoms with E-state index in [4.69, 9.17) is 5.11 Å². The molecule has 0 bridgehead atoms. The van der Waals surface area contributed by atoms with Crippen molar-refractivity contribution >= 4 is 22.0 Å². The molecule has 1 amide bonds. The van der Waals surface area contributed by atoms with E-state index in [-0.39, 0.29) is 6.54 Å². The van der Waals surface area contributed by atoms with Gasteiger partial charge in [-0.05, 0) is 24.1 Å². The second-order valence-corrected chi connectivity index (χ2v) is 4.76. The summed E-state index contributed by atoms with van der Waals surface area (Å²) >= 11 is 3.31. The molecule has 3 nitrogen and oxygen atoms in total. The number of carboxylic acid groups (broad SMARTS) is 1. The molecule has 0 aromatic heterocycles. The minimum Gasteiger partial charge on any atom is -0.465 e. The lowest BCUT2D eigenvalue weighted by Gasteiger charge is -2.42. The molecular weight excluding hydrogens is 277 g/mol. The largest absolute Gasteiger partial charge is 0.465 e. The van der Waals surface area contributed by atoms with Gasteiger partial charge < -0.3 is 5.11 Å². The summed E-state index contributed by atoms with van der Waals surface area (Å²) in [7, 11) is 0. The lowest BCUT2D eigenvalue weighted by molar-refractivity contribution is 0.00242. The predicted octanol–water partition coefficient (Wildman–Crippen LogP) is 2.69. The molecule has 1 aliphatic heterocycles. The Morgan fingerprint density at radius 1 is 1.50 bits per heavy atom. The van der Waals surface area contributed by atoms with Gasteiger partial charge in [0.15, 0.2) is 0 Å². The van der Waals surface area contributed by atoms with Crippen LogP contribution in [0.1, 0.15) is 5.56 Å². The molecule has 2 rings (SSSR count). The number of likely N-dealkylation sites (tertiary alicyclic amines) is 1. The van der Waals surface area contributed by atoms with Gasteiger partial charge in [0.25, 0.3) is 0 Å². The van der Waals surface area contributed by atoms with Gasteiger partial charge in [-0.1, -0.05) is 28.1 Å². The third-order valence-corrected chi connectivity index (χ3v) is 3.32. The van der Waals surface area contributed by atoms with Gasteiger partial charge >= 0.3 is 6.09 Å². The van der Waals surface area contributed by atoms with Gasteiger partial charge in [-0.25, -0.2) is 9.18 Å². The topological polar surface area (TPSA) is 40.5 Å². The van der Waals surface area contributed by atoms with E-state index in [1.54, 1.807) is 0 Å². The maximum absolute atomic E-state index is 13.2. The van der Waals surface area contributed by atoms with Crippen LogP contribution >= 0.6 is 15.9 Å². The highest BCUT2D eigenvalue weighted by Crippen LogP contribution is 2.25. The molecule has 0 spiro atoms. The first kappa shape index (κ1) is 11.4. The van der Waals surface area contributed by atoms with Crippen molar-refractivity contribution in [3.8, 4) is 0 Å². The molecule has 1 aromatic carbocycles. The zero-order valence-electron chi connectivity index (χ0n) is 8.44. The van der Waals surface area contributed by atoms with Crippen molar-refractivity contribution in [2.24, 2.45) is 0 Å². The third kappa shape index (κ3) is 2.19. The fourth-order valence-electron chi connectivity index (χ4n) is 1.82. The summed E-state index contributed by atoms with van der Waals surface area (Å²) in [6.45, 7) is -0.00344. The molecule has 86 valence electrons. The summed E-state index contributed by atoms with van der Waals surface area (Å²) in [5.74, 6) is 0. The van der Waals surface area contributed by atoms with Crippen molar-refractivity contribution < 1.29 is 14.3 Å². The number of halogens is 2. The molecular formula is C11H11BrFNO2. The summed E-state index contributed by atoms with van der Waals surface area (Å²) < 4.78 is 14.2. The van der Waals surface area contributed by atoms with Crippen molar-refractivity contribution in [1.29, 1.82) is 0 Å². The van der Waals surface area contributed by atoms with Crippen LogP contribution in [0, 0.1) is 0 Å². The monoisotopic (exact) mass is 287 g/mol. The average Bonchev–Trinajstić information content (AvgIpc) is 2.24. The van der Waals surface area contributed by atoms with E-state index in [1.165, 1.54) is 0 Å². The van der Waals surface area contributed by atoms with Gasteiger partial charge in [-0.2, -0.15) is 0 Å². The van der Waals surface area contributed by atoms with Crippen LogP contribution in [0.4, 0.5) is 9.18 Å². The molecule has 1 heterocycles. The first-order chi connectivity index (χ1) is 7.58. The highest BCUT2D eigenvalue weighted by molar-refractivity contribution is 9.10. The lowest BCUT2D eigenvalue weighted by Crippen LogP contribution is -2.60. The van der Waals surface area contributed by atoms with Gasteiger partial charge in [0.2, 0.25) is 0 Å². The van der Waals surface area contributed by atoms with Crippen molar-refractivity contribution in [1.82, 2.24) is 4.90 Å². The highest BCUT2D eigenvalue weighted by Gasteiger charge is 2.42. The SMILES string of the molecule is O=C(O)N1CC(F)C1Cc1ccc(Br)cc1. The van der Waals surface area contributed by atoms with Gasteiger partial charge in [0.05, 0.1) is 12.6 Å². The predicted molar refractivity (Wildman–Crippen MR) is 61.3 cm³/mol. The zero-order chi connectivity index (χ0) is 11.7. The van der Waals surface area contributed by atoms with Crippen LogP contribution in [-0.4, -0.2) is 34.9 Å². The molecule has 1 N–H and O–H groups in total. The second kappa shape index (κ2) is 4.41. The molecule has 5 heteroatoms. The summed E-state index contributed by atoms with van der Waals surface area (Å²) in [5.41, 5.74) is 0.946. The second-order valence-electron chi connectivity index (χ2n) is 3.85. The van der Waals surface area contributed by atoms with Crippen LogP contribution in [0.25, 0.3) is 0 Å². The Morgan fingerprint density at radius 2 is 2.12 bits per heavy atom. The fourth-order valence-corrected chi connectivity index (χ4v) is 2.09. The number of carbonyl (C=O) groups is 1. The van der Waals surface area contributed by atoms with Crippen LogP contribution in [0.15, 0.2) is 28.7 Å². The maximum Gasteiger partial charge on any atom is 0.407 e. The molecule has 1 saturated heterocycles. The summed E-state index contributed by atoms with van der Waals surface area (Å²) in [4.78, 5) is 11.9. The number of hydrogen-bond donors (Lipinski definition) is 1. The minimum atomic E-state index is -1.05. The number of amides is 1. The molecule has 2 atom stereocenters. The molecule has 1 aromatic rings. The van der Waals surface area contributed by atoms with Crippen molar-refractivity contribution in [2.75, 3.05) is 6.54 Å². The Morgan fingerprint density at radius 3 is 2.62 bits per heavy atom. The Labute approximate surface area is 101 Å². The van der Waals surface area contributed by atoms with Crippen molar-refractivity contribution in [3.63, 3.8) is 0 Å². The van der Waals surface area contributed by atoms with Gasteiger partial charge in [0.1, 0.15) is 6.17 Å². The van der Waals surface area contributed by atoms with E-state index in [2.05, 4.69) is 15.9 Å². The van der Waals surface area contributed by atoms with E-state index in [1.807, 2.05) is 24.3 Å².